The summed E-state index contributed by atoms with van der Waals surface area (Å²) >= 11 is 6.03. The maximum atomic E-state index is 13.0. The van der Waals surface area contributed by atoms with Gasteiger partial charge in [-0.1, -0.05) is 35.9 Å². The third-order valence-corrected chi connectivity index (χ3v) is 3.16. The minimum absolute atomic E-state index is 0.210. The van der Waals surface area contributed by atoms with E-state index in [1.54, 1.807) is 18.2 Å². The second kappa shape index (κ2) is 6.37. The van der Waals surface area contributed by atoms with E-state index < -0.39 is 11.7 Å². The molecule has 2 aromatic carbocycles. The summed E-state index contributed by atoms with van der Waals surface area (Å²) in [5.74, 6) is -0.0716. The van der Waals surface area contributed by atoms with Crippen LogP contribution in [-0.2, 0) is 12.6 Å². The van der Waals surface area contributed by atoms with Gasteiger partial charge in [0.2, 0.25) is 0 Å². The van der Waals surface area contributed by atoms with E-state index in [9.17, 15) is 13.2 Å². The normalized spacial score (nSPS) is 11.5. The van der Waals surface area contributed by atoms with Gasteiger partial charge in [0.05, 0.1) is 10.6 Å². The van der Waals surface area contributed by atoms with Crippen LogP contribution in [-0.4, -0.2) is 6.54 Å². The lowest BCUT2D eigenvalue weighted by Gasteiger charge is -2.16. The highest BCUT2D eigenvalue weighted by molar-refractivity contribution is 6.32. The molecule has 2 rings (SSSR count). The van der Waals surface area contributed by atoms with Gasteiger partial charge in [0.1, 0.15) is 11.5 Å². The van der Waals surface area contributed by atoms with Crippen molar-refractivity contribution in [2.24, 2.45) is 5.73 Å². The predicted molar refractivity (Wildman–Crippen MR) is 75.7 cm³/mol. The Kier molecular flexibility index (Phi) is 4.75. The van der Waals surface area contributed by atoms with Crippen LogP contribution in [0.5, 0.6) is 11.5 Å². The third kappa shape index (κ3) is 3.68. The van der Waals surface area contributed by atoms with Gasteiger partial charge in [-0.15, -0.1) is 0 Å². The Morgan fingerprint density at radius 2 is 1.76 bits per heavy atom. The van der Waals surface area contributed by atoms with Crippen LogP contribution >= 0.6 is 11.6 Å². The van der Waals surface area contributed by atoms with Gasteiger partial charge in [-0.2, -0.15) is 13.2 Å². The fraction of sp³-hybridized carbons (Fsp3) is 0.200. The number of rotatable bonds is 4. The Labute approximate surface area is 125 Å². The number of halogens is 4. The van der Waals surface area contributed by atoms with Gasteiger partial charge in [-0.25, -0.2) is 0 Å². The number of nitrogens with two attached hydrogens (primary N) is 1. The van der Waals surface area contributed by atoms with Crippen molar-refractivity contribution in [1.29, 1.82) is 0 Å². The first-order valence-electron chi connectivity index (χ1n) is 6.25. The molecule has 0 aliphatic rings. The molecule has 0 atom stereocenters. The fourth-order valence-electron chi connectivity index (χ4n) is 1.92. The van der Waals surface area contributed by atoms with Crippen molar-refractivity contribution in [3.8, 4) is 11.5 Å². The van der Waals surface area contributed by atoms with Gasteiger partial charge in [0.15, 0.2) is 0 Å². The Bertz CT molecular complexity index is 629. The Morgan fingerprint density at radius 1 is 1.05 bits per heavy atom. The molecular formula is C15H13ClF3NO. The Balaban J connectivity index is 2.44. The molecule has 112 valence electrons. The molecule has 0 spiro atoms. The second-order valence-corrected chi connectivity index (χ2v) is 4.77. The van der Waals surface area contributed by atoms with Crippen molar-refractivity contribution in [3.63, 3.8) is 0 Å². The lowest BCUT2D eigenvalue weighted by molar-refractivity contribution is -0.138. The van der Waals surface area contributed by atoms with E-state index in [0.717, 1.165) is 6.07 Å². The van der Waals surface area contributed by atoms with E-state index >= 15 is 0 Å². The van der Waals surface area contributed by atoms with E-state index in [4.69, 9.17) is 22.1 Å². The summed E-state index contributed by atoms with van der Waals surface area (Å²) in [6.07, 6.45) is -4.03. The summed E-state index contributed by atoms with van der Waals surface area (Å²) in [6.45, 7) is 0.345. The molecule has 21 heavy (non-hydrogen) atoms. The molecule has 0 saturated carbocycles. The zero-order valence-corrected chi connectivity index (χ0v) is 11.7. The molecule has 0 aliphatic heterocycles. The summed E-state index contributed by atoms with van der Waals surface area (Å²) in [4.78, 5) is 0. The average Bonchev–Trinajstić information content (AvgIpc) is 2.42. The highest BCUT2D eigenvalue weighted by Crippen LogP contribution is 2.40. The van der Waals surface area contributed by atoms with Gasteiger partial charge < -0.3 is 10.5 Å². The first kappa shape index (κ1) is 15.7. The van der Waals surface area contributed by atoms with Gasteiger partial charge >= 0.3 is 6.18 Å². The van der Waals surface area contributed by atoms with Crippen LogP contribution in [0, 0.1) is 0 Å². The minimum Gasteiger partial charge on any atom is -0.455 e. The Hall–Kier alpha value is -1.72. The summed E-state index contributed by atoms with van der Waals surface area (Å²) in [5.41, 5.74) is 5.32. The second-order valence-electron chi connectivity index (χ2n) is 4.36. The average molecular weight is 316 g/mol. The number of hydrogen-bond acceptors (Lipinski definition) is 2. The van der Waals surface area contributed by atoms with E-state index in [1.807, 2.05) is 0 Å². The summed E-state index contributed by atoms with van der Waals surface area (Å²) in [7, 11) is 0. The van der Waals surface area contributed by atoms with Crippen molar-refractivity contribution >= 4 is 11.6 Å². The smallest absolute Gasteiger partial charge is 0.419 e. The lowest BCUT2D eigenvalue weighted by Crippen LogP contribution is -2.08. The summed E-state index contributed by atoms with van der Waals surface area (Å²) in [5, 5.41) is 0.248. The highest BCUT2D eigenvalue weighted by atomic mass is 35.5. The Morgan fingerprint density at radius 3 is 2.43 bits per heavy atom. The molecule has 0 aliphatic carbocycles. The van der Waals surface area contributed by atoms with Crippen molar-refractivity contribution in [2.75, 3.05) is 6.54 Å². The third-order valence-electron chi connectivity index (χ3n) is 2.87. The monoisotopic (exact) mass is 315 g/mol. The number of hydrogen-bond donors (Lipinski definition) is 1. The molecule has 2 aromatic rings. The first-order chi connectivity index (χ1) is 9.93. The molecule has 2 nitrogen and oxygen atoms in total. The number of para-hydroxylation sites is 2. The van der Waals surface area contributed by atoms with E-state index in [0.29, 0.717) is 18.5 Å². The zero-order chi connectivity index (χ0) is 15.5. The quantitative estimate of drug-likeness (QED) is 0.891. The maximum absolute atomic E-state index is 13.0. The van der Waals surface area contributed by atoms with Crippen molar-refractivity contribution in [1.82, 2.24) is 0 Å². The molecule has 2 N–H and O–H groups in total. The highest BCUT2D eigenvalue weighted by Gasteiger charge is 2.34. The van der Waals surface area contributed by atoms with Crippen molar-refractivity contribution < 1.29 is 17.9 Å². The van der Waals surface area contributed by atoms with Gasteiger partial charge in [-0.05, 0) is 36.7 Å². The van der Waals surface area contributed by atoms with Crippen LogP contribution in [0.25, 0.3) is 0 Å². The number of benzene rings is 2. The molecular weight excluding hydrogens is 303 g/mol. The van der Waals surface area contributed by atoms with Gasteiger partial charge in [0.25, 0.3) is 0 Å². The molecule has 0 unspecified atom stereocenters. The minimum atomic E-state index is -4.49. The van der Waals surface area contributed by atoms with Gasteiger partial charge in [-0.3, -0.25) is 0 Å². The molecule has 0 bridgehead atoms. The topological polar surface area (TPSA) is 35.2 Å². The number of ether oxygens (including phenoxy) is 1. The van der Waals surface area contributed by atoms with Crippen LogP contribution < -0.4 is 10.5 Å². The largest absolute Gasteiger partial charge is 0.455 e. The van der Waals surface area contributed by atoms with Crippen LogP contribution in [0.4, 0.5) is 13.2 Å². The van der Waals surface area contributed by atoms with Crippen molar-refractivity contribution in [3.05, 3.63) is 58.6 Å². The van der Waals surface area contributed by atoms with Crippen LogP contribution in [0.15, 0.2) is 42.5 Å². The van der Waals surface area contributed by atoms with Crippen LogP contribution in [0.2, 0.25) is 5.02 Å². The standard InChI is InChI=1S/C15H13ClF3NO/c16-12-6-3-4-10(8-9-20)14(12)21-13-7-2-1-5-11(13)15(17,18)19/h1-7H,8-9,20H2. The van der Waals surface area contributed by atoms with E-state index in [1.165, 1.54) is 18.2 Å². The van der Waals surface area contributed by atoms with E-state index in [2.05, 4.69) is 0 Å². The maximum Gasteiger partial charge on any atom is 0.419 e. The van der Waals surface area contributed by atoms with Crippen molar-refractivity contribution in [2.45, 2.75) is 12.6 Å². The SMILES string of the molecule is NCCc1cccc(Cl)c1Oc1ccccc1C(F)(F)F. The number of alkyl halides is 3. The molecule has 0 aromatic heterocycles. The fourth-order valence-corrected chi connectivity index (χ4v) is 2.15. The zero-order valence-electron chi connectivity index (χ0n) is 11.0. The van der Waals surface area contributed by atoms with Crippen LogP contribution in [0.1, 0.15) is 11.1 Å². The first-order valence-corrected chi connectivity index (χ1v) is 6.63. The predicted octanol–water partition coefficient (Wildman–Crippen LogP) is 4.65. The van der Waals surface area contributed by atoms with E-state index in [-0.39, 0.29) is 16.5 Å². The molecule has 0 saturated heterocycles. The molecule has 0 heterocycles. The molecule has 0 fully saturated rings. The molecule has 0 amide bonds. The lowest BCUT2D eigenvalue weighted by atomic mass is 10.1. The summed E-state index contributed by atoms with van der Waals surface area (Å²) in [6, 6.07) is 10.0. The molecule has 6 heteroatoms. The summed E-state index contributed by atoms with van der Waals surface area (Å²) < 4.78 is 44.3. The molecule has 0 radical (unpaired) electrons. The van der Waals surface area contributed by atoms with Crippen LogP contribution in [0.3, 0.4) is 0 Å². The van der Waals surface area contributed by atoms with Gasteiger partial charge in [0, 0.05) is 0 Å².